The highest BCUT2D eigenvalue weighted by Gasteiger charge is 2.18. The van der Waals surface area contributed by atoms with E-state index in [1.165, 1.54) is 24.8 Å². The molecule has 136 valence electrons. The third-order valence-corrected chi connectivity index (χ3v) is 4.36. The predicted molar refractivity (Wildman–Crippen MR) is 95.4 cm³/mol. The fraction of sp³-hybridized carbons (Fsp3) is 0.684. The van der Waals surface area contributed by atoms with E-state index >= 15 is 0 Å². The smallest absolute Gasteiger partial charge is 0.0701 e. The van der Waals surface area contributed by atoms with Crippen LogP contribution in [0.4, 0.5) is 5.69 Å². The average Bonchev–Trinajstić information content (AvgIpc) is 2.56. The summed E-state index contributed by atoms with van der Waals surface area (Å²) in [6, 6.07) is 6.33. The quantitative estimate of drug-likeness (QED) is 0.542. The first kappa shape index (κ1) is 19.2. The Kier molecular flexibility index (Phi) is 9.13. The van der Waals surface area contributed by atoms with Gasteiger partial charge >= 0.3 is 0 Å². The lowest BCUT2D eigenvalue weighted by molar-refractivity contribution is 0.0272. The summed E-state index contributed by atoms with van der Waals surface area (Å²) < 4.78 is 15.8. The minimum absolute atomic E-state index is 0.0858. The van der Waals surface area contributed by atoms with Gasteiger partial charge in [-0.2, -0.15) is 0 Å². The van der Waals surface area contributed by atoms with Crippen LogP contribution in [0.3, 0.4) is 0 Å². The van der Waals surface area contributed by atoms with E-state index in [9.17, 15) is 5.11 Å². The molecule has 1 aliphatic carbocycles. The number of rotatable bonds is 13. The summed E-state index contributed by atoms with van der Waals surface area (Å²) in [4.78, 5) is 0. The zero-order valence-electron chi connectivity index (χ0n) is 14.8. The highest BCUT2D eigenvalue weighted by atomic mass is 16.5. The van der Waals surface area contributed by atoms with Crippen molar-refractivity contribution in [3.05, 3.63) is 29.3 Å². The van der Waals surface area contributed by atoms with Crippen molar-refractivity contribution in [2.75, 3.05) is 52.0 Å². The number of anilines is 1. The average molecular weight is 337 g/mol. The molecule has 0 amide bonds. The summed E-state index contributed by atoms with van der Waals surface area (Å²) in [6.45, 7) is 3.87. The zero-order valence-corrected chi connectivity index (χ0v) is 14.8. The zero-order chi connectivity index (χ0) is 17.0. The predicted octanol–water partition coefficient (Wildman–Crippen LogP) is 2.61. The second-order valence-corrected chi connectivity index (χ2v) is 6.34. The van der Waals surface area contributed by atoms with Gasteiger partial charge in [0.25, 0.3) is 0 Å². The van der Waals surface area contributed by atoms with Crippen LogP contribution < -0.4 is 5.32 Å². The molecular weight excluding hydrogens is 306 g/mol. The molecule has 0 aliphatic heterocycles. The van der Waals surface area contributed by atoms with Gasteiger partial charge < -0.3 is 24.6 Å². The molecule has 1 fully saturated rings. The lowest BCUT2D eigenvalue weighted by Gasteiger charge is -2.25. The van der Waals surface area contributed by atoms with Crippen LogP contribution in [0.25, 0.3) is 0 Å². The van der Waals surface area contributed by atoms with E-state index in [1.54, 1.807) is 7.11 Å². The van der Waals surface area contributed by atoms with Gasteiger partial charge in [-0.05, 0) is 35.6 Å². The normalized spacial score (nSPS) is 14.6. The van der Waals surface area contributed by atoms with Crippen LogP contribution in [-0.4, -0.2) is 51.8 Å². The molecule has 0 unspecified atom stereocenters. The Morgan fingerprint density at radius 3 is 2.38 bits per heavy atom. The number of ether oxygens (including phenoxy) is 3. The van der Waals surface area contributed by atoms with E-state index in [-0.39, 0.29) is 6.61 Å². The van der Waals surface area contributed by atoms with E-state index in [2.05, 4.69) is 17.4 Å². The van der Waals surface area contributed by atoms with Gasteiger partial charge in [-0.25, -0.2) is 0 Å². The fourth-order valence-corrected chi connectivity index (χ4v) is 2.84. The van der Waals surface area contributed by atoms with E-state index in [0.29, 0.717) is 33.0 Å². The van der Waals surface area contributed by atoms with Gasteiger partial charge in [0.1, 0.15) is 0 Å². The van der Waals surface area contributed by atoms with Crippen LogP contribution in [0, 0.1) is 5.92 Å². The molecule has 1 aromatic rings. The molecule has 0 atom stereocenters. The van der Waals surface area contributed by atoms with Gasteiger partial charge in [-0.1, -0.05) is 25.3 Å². The van der Waals surface area contributed by atoms with Gasteiger partial charge in [0.05, 0.1) is 39.6 Å². The molecule has 5 nitrogen and oxygen atoms in total. The molecule has 1 aromatic carbocycles. The van der Waals surface area contributed by atoms with E-state index < -0.39 is 0 Å². The number of nitrogens with one attached hydrogen (secondary N) is 1. The van der Waals surface area contributed by atoms with Crippen LogP contribution >= 0.6 is 0 Å². The molecule has 0 saturated heterocycles. The summed E-state index contributed by atoms with van der Waals surface area (Å²) in [5.74, 6) is 0.827. The van der Waals surface area contributed by atoms with Gasteiger partial charge in [0.15, 0.2) is 0 Å². The van der Waals surface area contributed by atoms with Crippen molar-refractivity contribution >= 4 is 5.69 Å². The first-order valence-electron chi connectivity index (χ1n) is 8.94. The third kappa shape index (κ3) is 7.18. The van der Waals surface area contributed by atoms with Crippen LogP contribution in [0.5, 0.6) is 0 Å². The van der Waals surface area contributed by atoms with Crippen LogP contribution in [0.1, 0.15) is 30.4 Å². The molecule has 1 saturated carbocycles. The number of hydrogen-bond acceptors (Lipinski definition) is 5. The Balaban J connectivity index is 1.64. The van der Waals surface area contributed by atoms with Crippen LogP contribution in [0.2, 0.25) is 0 Å². The van der Waals surface area contributed by atoms with Crippen molar-refractivity contribution in [3.8, 4) is 0 Å². The first-order valence-corrected chi connectivity index (χ1v) is 8.94. The Labute approximate surface area is 145 Å². The van der Waals surface area contributed by atoms with Crippen LogP contribution in [0.15, 0.2) is 18.2 Å². The highest BCUT2D eigenvalue weighted by Crippen LogP contribution is 2.30. The second kappa shape index (κ2) is 11.4. The number of methoxy groups -OCH3 is 1. The summed E-state index contributed by atoms with van der Waals surface area (Å²) >= 11 is 0. The minimum atomic E-state index is 0.0858. The number of hydrogen-bond donors (Lipinski definition) is 2. The molecule has 2 N–H and O–H groups in total. The van der Waals surface area contributed by atoms with Crippen molar-refractivity contribution in [1.82, 2.24) is 0 Å². The maximum atomic E-state index is 9.45. The Morgan fingerprint density at radius 1 is 1.00 bits per heavy atom. The molecule has 0 heterocycles. The van der Waals surface area contributed by atoms with Crippen molar-refractivity contribution in [3.63, 3.8) is 0 Å². The summed E-state index contributed by atoms with van der Waals surface area (Å²) in [6.07, 6.45) is 5.17. The van der Waals surface area contributed by atoms with Crippen molar-refractivity contribution in [2.45, 2.75) is 32.3 Å². The molecule has 1 aliphatic rings. The maximum Gasteiger partial charge on any atom is 0.0701 e. The maximum absolute atomic E-state index is 9.45. The van der Waals surface area contributed by atoms with Gasteiger partial charge in [0, 0.05) is 19.3 Å². The molecule has 2 rings (SSSR count). The number of aliphatic hydroxyl groups excluding tert-OH is 1. The topological polar surface area (TPSA) is 60.0 Å². The molecule has 5 heteroatoms. The number of aliphatic hydroxyl groups is 1. The fourth-order valence-electron chi connectivity index (χ4n) is 2.84. The van der Waals surface area contributed by atoms with E-state index in [4.69, 9.17) is 14.2 Å². The molecule has 0 aromatic heterocycles. The lowest BCUT2D eigenvalue weighted by atomic mass is 9.81. The summed E-state index contributed by atoms with van der Waals surface area (Å²) in [5.41, 5.74) is 3.36. The second-order valence-electron chi connectivity index (χ2n) is 6.34. The minimum Gasteiger partial charge on any atom is -0.392 e. The lowest BCUT2D eigenvalue weighted by Crippen LogP contribution is -2.15. The van der Waals surface area contributed by atoms with Crippen molar-refractivity contribution in [2.24, 2.45) is 5.92 Å². The SMILES string of the molecule is COCCOCCOCCNc1cc(CO)cc(CC2CCC2)c1. The summed E-state index contributed by atoms with van der Waals surface area (Å²) in [7, 11) is 1.66. The van der Waals surface area contributed by atoms with Gasteiger partial charge in [-0.15, -0.1) is 0 Å². The van der Waals surface area contributed by atoms with Gasteiger partial charge in [0.2, 0.25) is 0 Å². The molecule has 24 heavy (non-hydrogen) atoms. The summed E-state index contributed by atoms with van der Waals surface area (Å²) in [5, 5.41) is 12.8. The molecular formula is C19H31NO4. The third-order valence-electron chi connectivity index (χ3n) is 4.36. The highest BCUT2D eigenvalue weighted by molar-refractivity contribution is 5.49. The monoisotopic (exact) mass is 337 g/mol. The molecule has 0 bridgehead atoms. The number of benzene rings is 1. The van der Waals surface area contributed by atoms with E-state index in [1.807, 2.05) is 6.07 Å². The largest absolute Gasteiger partial charge is 0.392 e. The Bertz CT molecular complexity index is 463. The Morgan fingerprint density at radius 2 is 1.71 bits per heavy atom. The van der Waals surface area contributed by atoms with Crippen LogP contribution in [-0.2, 0) is 27.2 Å². The van der Waals surface area contributed by atoms with Crippen molar-refractivity contribution in [1.29, 1.82) is 0 Å². The molecule has 0 spiro atoms. The van der Waals surface area contributed by atoms with Gasteiger partial charge in [-0.3, -0.25) is 0 Å². The standard InChI is InChI=1S/C19H31NO4/c1-22-7-8-24-10-9-23-6-5-20-19-13-17(11-16-3-2-4-16)12-18(14-19)15-21/h12-14,16,20-21H,2-11,15H2,1H3. The Hall–Kier alpha value is -1.14. The molecule has 0 radical (unpaired) electrons. The van der Waals surface area contributed by atoms with E-state index in [0.717, 1.165) is 30.1 Å². The first-order chi connectivity index (χ1) is 11.8. The van der Waals surface area contributed by atoms with Crippen molar-refractivity contribution < 1.29 is 19.3 Å².